The number of unbranched alkanes of at least 4 members (excludes halogenated alkanes) is 1. The number of hydrogen-bond donors (Lipinski definition) is 1. The zero-order valence-corrected chi connectivity index (χ0v) is 13.0. The number of methoxy groups -OCH3 is 1. The summed E-state index contributed by atoms with van der Waals surface area (Å²) in [6, 6.07) is 6.14. The molecule has 0 amide bonds. The summed E-state index contributed by atoms with van der Waals surface area (Å²) in [4.78, 5) is 0. The quantitative estimate of drug-likeness (QED) is 0.749. The van der Waals surface area contributed by atoms with E-state index in [2.05, 4.69) is 35.1 Å². The number of rotatable bonds is 8. The van der Waals surface area contributed by atoms with Crippen molar-refractivity contribution in [1.82, 2.24) is 9.88 Å². The van der Waals surface area contributed by atoms with Crippen LogP contribution in [0.4, 0.5) is 0 Å². The van der Waals surface area contributed by atoms with Crippen molar-refractivity contribution in [3.63, 3.8) is 0 Å². The third kappa shape index (κ3) is 3.75. The average Bonchev–Trinajstić information content (AvgIpc) is 2.79. The van der Waals surface area contributed by atoms with Gasteiger partial charge in [0.05, 0.1) is 6.61 Å². The molecule has 1 aromatic heterocycles. The molecule has 0 radical (unpaired) electrons. The van der Waals surface area contributed by atoms with E-state index in [9.17, 15) is 0 Å². The molecule has 0 saturated heterocycles. The molecule has 0 aliphatic rings. The Morgan fingerprint density at radius 2 is 2.20 bits per heavy atom. The highest BCUT2D eigenvalue weighted by Gasteiger charge is 2.08. The Morgan fingerprint density at radius 1 is 1.35 bits per heavy atom. The molecule has 4 heteroatoms. The number of nitrogens with one attached hydrogen (secondary N) is 1. The van der Waals surface area contributed by atoms with Gasteiger partial charge in [-0.15, -0.1) is 0 Å². The molecule has 2 aromatic rings. The predicted octanol–water partition coefficient (Wildman–Crippen LogP) is 3.83. The normalized spacial score (nSPS) is 11.3. The van der Waals surface area contributed by atoms with Crippen LogP contribution in [0.15, 0.2) is 24.4 Å². The number of ether oxygens (including phenoxy) is 1. The van der Waals surface area contributed by atoms with Crippen molar-refractivity contribution < 1.29 is 4.74 Å². The predicted molar refractivity (Wildman–Crippen MR) is 85.4 cm³/mol. The van der Waals surface area contributed by atoms with Crippen molar-refractivity contribution in [3.05, 3.63) is 35.0 Å². The summed E-state index contributed by atoms with van der Waals surface area (Å²) in [6.07, 6.45) is 4.63. The molecule has 110 valence electrons. The van der Waals surface area contributed by atoms with E-state index in [0.717, 1.165) is 31.3 Å². The zero-order chi connectivity index (χ0) is 14.4. The Kier molecular flexibility index (Phi) is 5.89. The molecule has 3 nitrogen and oxygen atoms in total. The van der Waals surface area contributed by atoms with Gasteiger partial charge in [0.2, 0.25) is 0 Å². The number of halogens is 1. The smallest absolute Gasteiger partial charge is 0.0587 e. The number of aryl methyl sites for hydroxylation is 1. The summed E-state index contributed by atoms with van der Waals surface area (Å²) in [7, 11) is 1.72. The fraction of sp³-hybridized carbons (Fsp3) is 0.500. The van der Waals surface area contributed by atoms with Gasteiger partial charge >= 0.3 is 0 Å². The van der Waals surface area contributed by atoms with E-state index < -0.39 is 0 Å². The number of hydrogen-bond acceptors (Lipinski definition) is 2. The lowest BCUT2D eigenvalue weighted by atomic mass is 10.2. The molecule has 1 N–H and O–H groups in total. The van der Waals surface area contributed by atoms with Crippen LogP contribution in [0.2, 0.25) is 5.02 Å². The van der Waals surface area contributed by atoms with E-state index in [1.165, 1.54) is 29.3 Å². The average molecular weight is 295 g/mol. The lowest BCUT2D eigenvalue weighted by molar-refractivity contribution is 0.199. The van der Waals surface area contributed by atoms with Crippen LogP contribution in [0.5, 0.6) is 0 Å². The first-order valence-electron chi connectivity index (χ1n) is 7.23. The molecule has 0 spiro atoms. The third-order valence-electron chi connectivity index (χ3n) is 3.48. The minimum atomic E-state index is 0.736. The van der Waals surface area contributed by atoms with Crippen LogP contribution in [0.1, 0.15) is 25.3 Å². The summed E-state index contributed by atoms with van der Waals surface area (Å²) in [5.74, 6) is 0. The third-order valence-corrected chi connectivity index (χ3v) is 3.71. The number of fused-ring (bicyclic) bond motifs is 1. The summed E-state index contributed by atoms with van der Waals surface area (Å²) < 4.78 is 7.37. The van der Waals surface area contributed by atoms with Crippen LogP contribution in [0.25, 0.3) is 10.9 Å². The fourth-order valence-corrected chi connectivity index (χ4v) is 2.56. The fourth-order valence-electron chi connectivity index (χ4n) is 2.39. The standard InChI is InChI=1S/C16H23ClN2O/c1-3-4-8-19-12-13(11-18-7-9-20-2)15-6-5-14(17)10-16(15)19/h5-6,10,12,18H,3-4,7-9,11H2,1-2H3. The number of aromatic nitrogens is 1. The first-order chi connectivity index (χ1) is 9.76. The maximum Gasteiger partial charge on any atom is 0.0587 e. The monoisotopic (exact) mass is 294 g/mol. The van der Waals surface area contributed by atoms with E-state index in [4.69, 9.17) is 16.3 Å². The minimum Gasteiger partial charge on any atom is -0.383 e. The van der Waals surface area contributed by atoms with Crippen molar-refractivity contribution >= 4 is 22.5 Å². The van der Waals surface area contributed by atoms with E-state index in [-0.39, 0.29) is 0 Å². The van der Waals surface area contributed by atoms with E-state index in [1.54, 1.807) is 7.11 Å². The molecule has 0 aliphatic carbocycles. The molecule has 0 saturated carbocycles. The topological polar surface area (TPSA) is 26.2 Å². The molecule has 2 rings (SSSR count). The zero-order valence-electron chi connectivity index (χ0n) is 12.3. The molecular formula is C16H23ClN2O. The molecule has 0 unspecified atom stereocenters. The summed E-state index contributed by atoms with van der Waals surface area (Å²) in [5, 5.41) is 5.49. The molecule has 0 fully saturated rings. The Balaban J connectivity index is 2.20. The van der Waals surface area contributed by atoms with Crippen molar-refractivity contribution in [1.29, 1.82) is 0 Å². The maximum absolute atomic E-state index is 6.13. The second-order valence-corrected chi connectivity index (χ2v) is 5.47. The van der Waals surface area contributed by atoms with Gasteiger partial charge in [0.25, 0.3) is 0 Å². The SMILES string of the molecule is CCCCn1cc(CNCCOC)c2ccc(Cl)cc21. The Labute approximate surface area is 125 Å². The minimum absolute atomic E-state index is 0.736. The lowest BCUT2D eigenvalue weighted by Crippen LogP contribution is -2.18. The van der Waals surface area contributed by atoms with Gasteiger partial charge in [-0.2, -0.15) is 0 Å². The number of nitrogens with zero attached hydrogens (tertiary/aromatic N) is 1. The van der Waals surface area contributed by atoms with E-state index >= 15 is 0 Å². The van der Waals surface area contributed by atoms with Crippen molar-refractivity contribution in [2.75, 3.05) is 20.3 Å². The molecule has 20 heavy (non-hydrogen) atoms. The molecule has 1 heterocycles. The van der Waals surface area contributed by atoms with Crippen LogP contribution in [-0.2, 0) is 17.8 Å². The summed E-state index contributed by atoms with van der Waals surface area (Å²) in [5.41, 5.74) is 2.55. The Bertz CT molecular complexity index is 551. The highest BCUT2D eigenvalue weighted by molar-refractivity contribution is 6.31. The maximum atomic E-state index is 6.13. The van der Waals surface area contributed by atoms with E-state index in [0.29, 0.717) is 0 Å². The molecule has 0 bridgehead atoms. The molecular weight excluding hydrogens is 272 g/mol. The van der Waals surface area contributed by atoms with Crippen LogP contribution in [0, 0.1) is 0 Å². The van der Waals surface area contributed by atoms with Crippen molar-refractivity contribution in [3.8, 4) is 0 Å². The van der Waals surface area contributed by atoms with Gasteiger partial charge in [-0.25, -0.2) is 0 Å². The van der Waals surface area contributed by atoms with Gasteiger partial charge < -0.3 is 14.6 Å². The van der Waals surface area contributed by atoms with Gasteiger partial charge in [-0.1, -0.05) is 31.0 Å². The van der Waals surface area contributed by atoms with Gasteiger partial charge in [0.1, 0.15) is 0 Å². The van der Waals surface area contributed by atoms with Crippen molar-refractivity contribution in [2.24, 2.45) is 0 Å². The van der Waals surface area contributed by atoms with Gasteiger partial charge in [-0.05, 0) is 24.1 Å². The second-order valence-electron chi connectivity index (χ2n) is 5.03. The van der Waals surface area contributed by atoms with Crippen LogP contribution in [0.3, 0.4) is 0 Å². The largest absolute Gasteiger partial charge is 0.383 e. The summed E-state index contributed by atoms with van der Waals surface area (Å²) >= 11 is 6.13. The molecule has 0 aliphatic heterocycles. The Morgan fingerprint density at radius 3 is 2.95 bits per heavy atom. The molecule has 1 aromatic carbocycles. The summed E-state index contributed by atoms with van der Waals surface area (Å²) in [6.45, 7) is 5.73. The first-order valence-corrected chi connectivity index (χ1v) is 7.61. The van der Waals surface area contributed by atoms with Crippen LogP contribution >= 0.6 is 11.6 Å². The second kappa shape index (κ2) is 7.67. The van der Waals surface area contributed by atoms with Crippen LogP contribution in [-0.4, -0.2) is 24.8 Å². The lowest BCUT2D eigenvalue weighted by Gasteiger charge is -2.03. The first kappa shape index (κ1) is 15.4. The Hall–Kier alpha value is -1.03. The van der Waals surface area contributed by atoms with Crippen LogP contribution < -0.4 is 5.32 Å². The van der Waals surface area contributed by atoms with Crippen molar-refractivity contribution in [2.45, 2.75) is 32.9 Å². The highest BCUT2D eigenvalue weighted by Crippen LogP contribution is 2.25. The van der Waals surface area contributed by atoms with Gasteiger partial charge in [-0.3, -0.25) is 0 Å². The van der Waals surface area contributed by atoms with Gasteiger partial charge in [0.15, 0.2) is 0 Å². The number of benzene rings is 1. The van der Waals surface area contributed by atoms with E-state index in [1.807, 2.05) is 6.07 Å². The molecule has 0 atom stereocenters. The highest BCUT2D eigenvalue weighted by atomic mass is 35.5. The van der Waals surface area contributed by atoms with Gasteiger partial charge in [0, 0.05) is 48.9 Å².